The van der Waals surface area contributed by atoms with Crippen molar-refractivity contribution in [2.75, 3.05) is 47.4 Å². The van der Waals surface area contributed by atoms with Crippen molar-refractivity contribution in [3.05, 3.63) is 142 Å². The fourth-order valence-electron chi connectivity index (χ4n) is 9.30. The van der Waals surface area contributed by atoms with Crippen LogP contribution < -0.4 is 15.4 Å². The first-order valence-corrected chi connectivity index (χ1v) is 25.3. The number of likely N-dealkylation sites (N-methyl/N-ethyl adjacent to an activating group) is 2. The van der Waals surface area contributed by atoms with Crippen LogP contribution in [-0.4, -0.2) is 130 Å². The fraction of sp³-hybridized carbons (Fsp3) is 0.418. The average molecular weight is 1020 g/mol. The fourth-order valence-corrected chi connectivity index (χ4v) is 9.59. The monoisotopic (exact) mass is 1020 g/mol. The van der Waals surface area contributed by atoms with Crippen molar-refractivity contribution in [2.45, 2.75) is 96.6 Å². The summed E-state index contributed by atoms with van der Waals surface area (Å²) < 4.78 is 14.1. The summed E-state index contributed by atoms with van der Waals surface area (Å²) in [5.74, 6) is -2.23. The first-order chi connectivity index (χ1) is 34.6. The number of hydrogen-bond acceptors (Lipinski definition) is 9. The SMILES string of the molecule is COC[C@@H]1NC(=O)[C@H](C)N(Cc2ccc(Cl)cc2Oc2ccc(-n3cnc(CN4CCCC4)c3C)cc2)C(=O)C[C@@H](Cc2ccccc2)C(=O)N(C)[C@@H](C)CNC(=O)C[C@H](Cc2ccc(Cl)cc2)N(C)C1=O. The van der Waals surface area contributed by atoms with Gasteiger partial charge in [0.2, 0.25) is 29.5 Å². The largest absolute Gasteiger partial charge is 0.457 e. The smallest absolute Gasteiger partial charge is 0.247 e. The molecule has 2 aliphatic rings. The topological polar surface area (TPSA) is 159 Å². The molecule has 4 aromatic carbocycles. The van der Waals surface area contributed by atoms with Gasteiger partial charge in [0.15, 0.2) is 0 Å². The van der Waals surface area contributed by atoms with E-state index in [-0.39, 0.29) is 50.8 Å². The van der Waals surface area contributed by atoms with Gasteiger partial charge < -0.3 is 39.4 Å². The Morgan fingerprint density at radius 3 is 2.14 bits per heavy atom. The maximum Gasteiger partial charge on any atom is 0.247 e. The standard InChI is InChI=1S/C55H66Cl2N8O7/c1-36-31-58-51(66)30-46(27-40-14-17-43(56)18-15-40)62(5)55(70)49(34-71-6)60-53(68)38(3)64(52(67)28-42(54(69)61(36)4)26-39-12-8-7-9-13-39)32-41-16-19-44(57)29-50(41)72-47-22-20-45(21-23-47)65-35-59-48(37(65)2)33-63-24-10-11-25-63/h7-9,12-23,29,35-36,38,42,46,49H,10-11,24-28,30-34H2,1-6H3,(H,58,66)(H,60,68)/t36-,38-,42+,46-,49-/m0/s1. The third-order valence-corrected chi connectivity index (χ3v) is 14.4. The maximum atomic E-state index is 15.1. The minimum atomic E-state index is -1.19. The molecule has 0 spiro atoms. The van der Waals surface area contributed by atoms with E-state index in [2.05, 4.69) is 27.0 Å². The van der Waals surface area contributed by atoms with Crippen LogP contribution in [0.3, 0.4) is 0 Å². The Bertz CT molecular complexity index is 2660. The molecule has 15 nitrogen and oxygen atoms in total. The van der Waals surface area contributed by atoms with E-state index in [1.54, 1.807) is 56.3 Å². The van der Waals surface area contributed by atoms with E-state index in [1.165, 1.54) is 29.8 Å². The molecule has 0 unspecified atom stereocenters. The molecule has 5 amide bonds. The zero-order valence-electron chi connectivity index (χ0n) is 42.0. The summed E-state index contributed by atoms with van der Waals surface area (Å²) in [6.45, 7) is 8.26. The van der Waals surface area contributed by atoms with Gasteiger partial charge in [0.05, 0.1) is 31.1 Å². The first-order valence-electron chi connectivity index (χ1n) is 24.6. The third kappa shape index (κ3) is 13.8. The van der Waals surface area contributed by atoms with Crippen molar-refractivity contribution in [1.82, 2.24) is 39.8 Å². The maximum absolute atomic E-state index is 15.1. The van der Waals surface area contributed by atoms with Crippen molar-refractivity contribution in [2.24, 2.45) is 5.92 Å². The lowest BCUT2D eigenvalue weighted by atomic mass is 9.93. The lowest BCUT2D eigenvalue weighted by Gasteiger charge is -2.35. The van der Waals surface area contributed by atoms with E-state index in [9.17, 15) is 19.2 Å². The molecule has 5 atom stereocenters. The number of amides is 5. The molecule has 7 rings (SSSR count). The Morgan fingerprint density at radius 1 is 0.764 bits per heavy atom. The first kappa shape index (κ1) is 53.5. The Balaban J connectivity index is 1.21. The van der Waals surface area contributed by atoms with E-state index in [1.807, 2.05) is 80.0 Å². The van der Waals surface area contributed by atoms with Gasteiger partial charge in [-0.05, 0) is 119 Å². The molecule has 0 saturated carbocycles. The third-order valence-electron chi connectivity index (χ3n) is 13.9. The number of halogens is 2. The van der Waals surface area contributed by atoms with E-state index < -0.39 is 47.8 Å². The molecule has 0 bridgehead atoms. The summed E-state index contributed by atoms with van der Waals surface area (Å²) in [6, 6.07) is 25.8. The Hall–Kier alpha value is -6.26. The van der Waals surface area contributed by atoms with Gasteiger partial charge in [-0.25, -0.2) is 4.98 Å². The van der Waals surface area contributed by atoms with Crippen LogP contribution in [0.2, 0.25) is 10.0 Å². The van der Waals surface area contributed by atoms with Crippen molar-refractivity contribution >= 4 is 52.7 Å². The second-order valence-corrected chi connectivity index (χ2v) is 19.9. The number of nitrogens with zero attached hydrogens (tertiary/aromatic N) is 6. The van der Waals surface area contributed by atoms with Gasteiger partial charge in [0, 0.05) is 86.2 Å². The van der Waals surface area contributed by atoms with Gasteiger partial charge in [-0.1, -0.05) is 71.7 Å². The number of benzene rings is 4. The number of hydrogen-bond donors (Lipinski definition) is 2. The van der Waals surface area contributed by atoms with Crippen molar-refractivity contribution < 1.29 is 33.4 Å². The number of methoxy groups -OCH3 is 1. The number of aromatic nitrogens is 2. The zero-order chi connectivity index (χ0) is 51.5. The van der Waals surface area contributed by atoms with Gasteiger partial charge in [-0.2, -0.15) is 0 Å². The molecule has 382 valence electrons. The molecule has 2 saturated heterocycles. The Morgan fingerprint density at radius 2 is 1.44 bits per heavy atom. The number of carbonyl (C=O) groups is 5. The van der Waals surface area contributed by atoms with Crippen LogP contribution in [0.15, 0.2) is 103 Å². The predicted molar refractivity (Wildman–Crippen MR) is 278 cm³/mol. The molecular formula is C55H66Cl2N8O7. The van der Waals surface area contributed by atoms with Crippen molar-refractivity contribution in [3.8, 4) is 17.2 Å². The van der Waals surface area contributed by atoms with Gasteiger partial charge in [-0.15, -0.1) is 0 Å². The summed E-state index contributed by atoms with van der Waals surface area (Å²) in [5.41, 5.74) is 5.25. The zero-order valence-corrected chi connectivity index (χ0v) is 43.5. The molecule has 72 heavy (non-hydrogen) atoms. The van der Waals surface area contributed by atoms with E-state index in [4.69, 9.17) is 37.7 Å². The van der Waals surface area contributed by atoms with Crippen molar-refractivity contribution in [1.29, 1.82) is 0 Å². The van der Waals surface area contributed by atoms with E-state index >= 15 is 4.79 Å². The molecule has 2 N–H and O–H groups in total. The Labute approximate surface area is 432 Å². The average Bonchev–Trinajstić information content (AvgIpc) is 4.03. The lowest BCUT2D eigenvalue weighted by molar-refractivity contribution is -0.147. The molecule has 0 radical (unpaired) electrons. The van der Waals surface area contributed by atoms with Gasteiger partial charge in [0.25, 0.3) is 0 Å². The minimum Gasteiger partial charge on any atom is -0.457 e. The highest BCUT2D eigenvalue weighted by Crippen LogP contribution is 2.32. The summed E-state index contributed by atoms with van der Waals surface area (Å²) in [7, 11) is 4.67. The van der Waals surface area contributed by atoms with Gasteiger partial charge >= 0.3 is 0 Å². The molecule has 5 aromatic rings. The molecule has 2 fully saturated rings. The number of likely N-dealkylation sites (tertiary alicyclic amines) is 1. The highest BCUT2D eigenvalue weighted by Gasteiger charge is 2.36. The minimum absolute atomic E-state index is 0.0715. The quantitative estimate of drug-likeness (QED) is 0.123. The molecule has 17 heteroatoms. The highest BCUT2D eigenvalue weighted by molar-refractivity contribution is 6.31. The number of nitrogens with one attached hydrogen (secondary N) is 2. The Kier molecular flexibility index (Phi) is 18.5. The molecule has 3 heterocycles. The highest BCUT2D eigenvalue weighted by atomic mass is 35.5. The summed E-state index contributed by atoms with van der Waals surface area (Å²) >= 11 is 12.8. The predicted octanol–water partition coefficient (Wildman–Crippen LogP) is 7.41. The van der Waals surface area contributed by atoms with Crippen LogP contribution in [0.1, 0.15) is 67.6 Å². The van der Waals surface area contributed by atoms with Crippen LogP contribution in [0, 0.1) is 12.8 Å². The van der Waals surface area contributed by atoms with Gasteiger partial charge in [-0.3, -0.25) is 28.9 Å². The lowest BCUT2D eigenvalue weighted by Crippen LogP contribution is -2.57. The summed E-state index contributed by atoms with van der Waals surface area (Å²) in [4.78, 5) is 84.1. The number of carbonyl (C=O) groups excluding carboxylic acids is 5. The second-order valence-electron chi connectivity index (χ2n) is 19.0. The van der Waals surface area contributed by atoms with Crippen molar-refractivity contribution in [3.63, 3.8) is 0 Å². The van der Waals surface area contributed by atoms with Crippen LogP contribution in [-0.2, 0) is 54.6 Å². The van der Waals surface area contributed by atoms with Crippen LogP contribution >= 0.6 is 23.2 Å². The second kappa shape index (κ2) is 24.9. The van der Waals surface area contributed by atoms with Crippen LogP contribution in [0.5, 0.6) is 11.5 Å². The van der Waals surface area contributed by atoms with E-state index in [0.717, 1.165) is 47.8 Å². The molecule has 1 aromatic heterocycles. The number of imidazole rings is 1. The summed E-state index contributed by atoms with van der Waals surface area (Å²) in [5, 5.41) is 6.77. The molecule has 2 aliphatic heterocycles. The molecule has 0 aliphatic carbocycles. The van der Waals surface area contributed by atoms with Gasteiger partial charge in [0.1, 0.15) is 23.6 Å². The number of ether oxygens (including phenoxy) is 2. The van der Waals surface area contributed by atoms with Crippen LogP contribution in [0.25, 0.3) is 5.69 Å². The number of rotatable bonds is 13. The van der Waals surface area contributed by atoms with Crippen LogP contribution in [0.4, 0.5) is 0 Å². The normalized spacial score (nSPS) is 21.4. The summed E-state index contributed by atoms with van der Waals surface area (Å²) in [6.07, 6.45) is 4.45. The molecular weight excluding hydrogens is 956 g/mol. The van der Waals surface area contributed by atoms with E-state index in [0.29, 0.717) is 33.5 Å².